The third-order valence-corrected chi connectivity index (χ3v) is 3.47. The molecule has 0 aromatic heterocycles. The van der Waals surface area contributed by atoms with Gasteiger partial charge in [-0.05, 0) is 26.2 Å². The zero-order valence-electron chi connectivity index (χ0n) is 11.9. The molecule has 0 aromatic rings. The lowest BCUT2D eigenvalue weighted by atomic mass is 9.87. The number of ether oxygens (including phenoxy) is 1. The Morgan fingerprint density at radius 3 is 2.35 bits per heavy atom. The largest absolute Gasteiger partial charge is 0.458 e. The van der Waals surface area contributed by atoms with Gasteiger partial charge in [0.05, 0.1) is 6.54 Å². The minimum Gasteiger partial charge on any atom is -0.458 e. The minimum absolute atomic E-state index is 0.0351. The number of rotatable bonds is 9. The van der Waals surface area contributed by atoms with Gasteiger partial charge in [0.15, 0.2) is 0 Å². The van der Waals surface area contributed by atoms with Crippen molar-refractivity contribution < 1.29 is 9.53 Å². The minimum atomic E-state index is -0.402. The first kappa shape index (κ1) is 16.4. The van der Waals surface area contributed by atoms with E-state index in [9.17, 15) is 4.79 Å². The molecular formula is C14H29NO2. The van der Waals surface area contributed by atoms with Crippen LogP contribution >= 0.6 is 0 Å². The van der Waals surface area contributed by atoms with Crippen molar-refractivity contribution in [2.45, 2.75) is 71.8 Å². The average Bonchev–Trinajstić information content (AvgIpc) is 2.27. The molecule has 3 nitrogen and oxygen atoms in total. The maximum Gasteiger partial charge on any atom is 0.320 e. The molecule has 0 aliphatic rings. The van der Waals surface area contributed by atoms with E-state index in [1.54, 1.807) is 0 Å². The maximum absolute atomic E-state index is 11.2. The summed E-state index contributed by atoms with van der Waals surface area (Å²) < 4.78 is 5.36. The van der Waals surface area contributed by atoms with E-state index in [0.717, 1.165) is 6.42 Å². The summed E-state index contributed by atoms with van der Waals surface area (Å²) in [7, 11) is 0. The normalized spacial score (nSPS) is 13.5. The van der Waals surface area contributed by atoms with Gasteiger partial charge in [0.1, 0.15) is 5.60 Å². The van der Waals surface area contributed by atoms with E-state index in [-0.39, 0.29) is 12.5 Å². The first-order valence-electron chi connectivity index (χ1n) is 6.86. The van der Waals surface area contributed by atoms with Crippen LogP contribution in [0.5, 0.6) is 0 Å². The fourth-order valence-electron chi connectivity index (χ4n) is 1.84. The van der Waals surface area contributed by atoms with E-state index in [0.29, 0.717) is 5.92 Å². The van der Waals surface area contributed by atoms with E-state index in [1.807, 2.05) is 13.8 Å². The molecule has 0 amide bonds. The molecule has 0 aliphatic carbocycles. The highest BCUT2D eigenvalue weighted by Gasteiger charge is 2.29. The van der Waals surface area contributed by atoms with Crippen molar-refractivity contribution in [3.8, 4) is 0 Å². The monoisotopic (exact) mass is 243 g/mol. The topological polar surface area (TPSA) is 52.3 Å². The first-order valence-corrected chi connectivity index (χ1v) is 6.86. The molecule has 0 saturated carbocycles. The van der Waals surface area contributed by atoms with Crippen molar-refractivity contribution >= 4 is 5.97 Å². The van der Waals surface area contributed by atoms with Crippen molar-refractivity contribution in [3.05, 3.63) is 0 Å². The van der Waals surface area contributed by atoms with Crippen molar-refractivity contribution in [2.75, 3.05) is 6.54 Å². The van der Waals surface area contributed by atoms with Crippen LogP contribution < -0.4 is 5.73 Å². The number of carbonyl (C=O) groups excluding carboxylic acids is 1. The fourth-order valence-corrected chi connectivity index (χ4v) is 1.84. The summed E-state index contributed by atoms with van der Waals surface area (Å²) in [6.45, 7) is 8.27. The average molecular weight is 243 g/mol. The maximum atomic E-state index is 11.2. The van der Waals surface area contributed by atoms with Crippen LogP contribution in [0, 0.1) is 5.92 Å². The molecule has 3 heteroatoms. The van der Waals surface area contributed by atoms with Gasteiger partial charge >= 0.3 is 5.97 Å². The summed E-state index contributed by atoms with van der Waals surface area (Å²) >= 11 is 0. The standard InChI is InChI=1S/C14H29NO2/c1-5-6-7-8-9-10-12(2)14(3,4)17-13(16)11-15/h12H,5-11,15H2,1-4H3. The molecule has 2 N–H and O–H groups in total. The molecule has 0 aromatic carbocycles. The summed E-state index contributed by atoms with van der Waals surface area (Å²) in [6, 6.07) is 0. The molecule has 0 aliphatic heterocycles. The number of hydrogen-bond donors (Lipinski definition) is 1. The molecule has 0 rings (SSSR count). The van der Waals surface area contributed by atoms with Crippen molar-refractivity contribution in [3.63, 3.8) is 0 Å². The predicted molar refractivity (Wildman–Crippen MR) is 71.8 cm³/mol. The number of carbonyl (C=O) groups is 1. The molecule has 1 atom stereocenters. The van der Waals surface area contributed by atoms with E-state index >= 15 is 0 Å². The van der Waals surface area contributed by atoms with Crippen molar-refractivity contribution in [2.24, 2.45) is 11.7 Å². The Kier molecular flexibility index (Phi) is 8.23. The van der Waals surface area contributed by atoms with E-state index < -0.39 is 5.60 Å². The smallest absolute Gasteiger partial charge is 0.320 e. The highest BCUT2D eigenvalue weighted by Crippen LogP contribution is 2.26. The zero-order chi connectivity index (χ0) is 13.3. The van der Waals surface area contributed by atoms with Crippen LogP contribution in [0.2, 0.25) is 0 Å². The second kappa shape index (κ2) is 8.51. The Hall–Kier alpha value is -0.570. The molecular weight excluding hydrogens is 214 g/mol. The van der Waals surface area contributed by atoms with E-state index in [2.05, 4.69) is 13.8 Å². The Morgan fingerprint density at radius 2 is 1.82 bits per heavy atom. The van der Waals surface area contributed by atoms with Gasteiger partial charge in [-0.1, -0.05) is 46.0 Å². The van der Waals surface area contributed by atoms with Crippen LogP contribution in [0.25, 0.3) is 0 Å². The van der Waals surface area contributed by atoms with Crippen molar-refractivity contribution in [1.29, 1.82) is 0 Å². The highest BCUT2D eigenvalue weighted by molar-refractivity contribution is 5.71. The molecule has 0 fully saturated rings. The number of nitrogens with two attached hydrogens (primary N) is 1. The predicted octanol–water partition coefficient (Wildman–Crippen LogP) is 3.26. The zero-order valence-corrected chi connectivity index (χ0v) is 11.9. The highest BCUT2D eigenvalue weighted by atomic mass is 16.6. The van der Waals surface area contributed by atoms with Gasteiger partial charge in [-0.3, -0.25) is 4.79 Å². The second-order valence-corrected chi connectivity index (χ2v) is 5.39. The summed E-state index contributed by atoms with van der Waals surface area (Å²) in [6.07, 6.45) is 7.50. The Bertz CT molecular complexity index is 214. The van der Waals surface area contributed by atoms with E-state index in [4.69, 9.17) is 10.5 Å². The second-order valence-electron chi connectivity index (χ2n) is 5.39. The molecule has 0 spiro atoms. The van der Waals surface area contributed by atoms with Crippen LogP contribution in [-0.4, -0.2) is 18.1 Å². The summed E-state index contributed by atoms with van der Waals surface area (Å²) in [5.74, 6) is 0.0625. The van der Waals surface area contributed by atoms with Crippen LogP contribution in [-0.2, 0) is 9.53 Å². The molecule has 0 radical (unpaired) electrons. The Balaban J connectivity index is 3.86. The van der Waals surface area contributed by atoms with E-state index in [1.165, 1.54) is 32.1 Å². The summed E-state index contributed by atoms with van der Waals surface area (Å²) in [5, 5.41) is 0. The summed E-state index contributed by atoms with van der Waals surface area (Å²) in [5.41, 5.74) is 4.86. The molecule has 0 saturated heterocycles. The fraction of sp³-hybridized carbons (Fsp3) is 0.929. The number of hydrogen-bond acceptors (Lipinski definition) is 3. The summed E-state index contributed by atoms with van der Waals surface area (Å²) in [4.78, 5) is 11.2. The lowest BCUT2D eigenvalue weighted by molar-refractivity contribution is -0.159. The van der Waals surface area contributed by atoms with Crippen LogP contribution in [0.15, 0.2) is 0 Å². The molecule has 102 valence electrons. The molecule has 0 heterocycles. The third-order valence-electron chi connectivity index (χ3n) is 3.47. The number of unbranched alkanes of at least 4 members (excludes halogenated alkanes) is 4. The van der Waals surface area contributed by atoms with Gasteiger partial charge in [-0.15, -0.1) is 0 Å². The lowest BCUT2D eigenvalue weighted by Crippen LogP contribution is -2.37. The quantitative estimate of drug-likeness (QED) is 0.499. The first-order chi connectivity index (χ1) is 7.94. The van der Waals surface area contributed by atoms with Gasteiger partial charge in [-0.25, -0.2) is 0 Å². The van der Waals surface area contributed by atoms with Crippen molar-refractivity contribution in [1.82, 2.24) is 0 Å². The molecule has 1 unspecified atom stereocenters. The lowest BCUT2D eigenvalue weighted by Gasteiger charge is -2.31. The number of esters is 1. The van der Waals surface area contributed by atoms with Gasteiger partial charge in [0.2, 0.25) is 0 Å². The van der Waals surface area contributed by atoms with Gasteiger partial charge in [0.25, 0.3) is 0 Å². The van der Waals surface area contributed by atoms with Crippen LogP contribution in [0.4, 0.5) is 0 Å². The van der Waals surface area contributed by atoms with Gasteiger partial charge < -0.3 is 10.5 Å². The Morgan fingerprint density at radius 1 is 1.24 bits per heavy atom. The SMILES string of the molecule is CCCCCCCC(C)C(C)(C)OC(=O)CN. The van der Waals surface area contributed by atoms with Crippen LogP contribution in [0.3, 0.4) is 0 Å². The van der Waals surface area contributed by atoms with Gasteiger partial charge in [-0.2, -0.15) is 0 Å². The Labute approximate surface area is 106 Å². The van der Waals surface area contributed by atoms with Crippen LogP contribution in [0.1, 0.15) is 66.2 Å². The third kappa shape index (κ3) is 7.37. The molecule has 0 bridgehead atoms. The molecule has 17 heavy (non-hydrogen) atoms. The van der Waals surface area contributed by atoms with Gasteiger partial charge in [0, 0.05) is 0 Å².